The maximum absolute atomic E-state index is 13.2. The average Bonchev–Trinajstić information content (AvgIpc) is 3.02. The molecule has 5 nitrogen and oxygen atoms in total. The summed E-state index contributed by atoms with van der Waals surface area (Å²) in [7, 11) is 1.79. The summed E-state index contributed by atoms with van der Waals surface area (Å²) in [6, 6.07) is 12.9. The molecule has 0 saturated heterocycles. The van der Waals surface area contributed by atoms with Crippen LogP contribution in [0.25, 0.3) is 17.3 Å². The van der Waals surface area contributed by atoms with Gasteiger partial charge in [-0.05, 0) is 65.8 Å². The van der Waals surface area contributed by atoms with E-state index < -0.39 is 11.2 Å². The third-order valence-electron chi connectivity index (χ3n) is 3.95. The van der Waals surface area contributed by atoms with Gasteiger partial charge in [0.2, 0.25) is 5.91 Å². The Morgan fingerprint density at radius 1 is 1.19 bits per heavy atom. The number of aryl methyl sites for hydroxylation is 1. The van der Waals surface area contributed by atoms with E-state index in [1.165, 1.54) is 18.2 Å². The molecule has 1 aromatic heterocycles. The number of nitrogens with one attached hydrogen (secondary N) is 1. The highest BCUT2D eigenvalue weighted by atomic mass is 32.2. The molecule has 0 aliphatic rings. The molecule has 27 heavy (non-hydrogen) atoms. The van der Waals surface area contributed by atoms with Crippen LogP contribution >= 0.6 is 0 Å². The largest absolute Gasteiger partial charge is 0.612 e. The van der Waals surface area contributed by atoms with E-state index in [-0.39, 0.29) is 11.7 Å². The summed E-state index contributed by atoms with van der Waals surface area (Å²) in [5.41, 5.74) is 2.95. The van der Waals surface area contributed by atoms with Crippen LogP contribution < -0.4 is 5.32 Å². The molecule has 0 fully saturated rings. The molecule has 7 heteroatoms. The highest BCUT2D eigenvalue weighted by molar-refractivity contribution is 7.90. The fourth-order valence-electron chi connectivity index (χ4n) is 2.62. The van der Waals surface area contributed by atoms with E-state index in [4.69, 9.17) is 0 Å². The molecule has 1 amide bonds. The highest BCUT2D eigenvalue weighted by Crippen LogP contribution is 2.24. The van der Waals surface area contributed by atoms with Crippen molar-refractivity contribution in [2.45, 2.75) is 4.90 Å². The standard InChI is InChI=1S/C20H18FN3O2S/c1-24-20(14-3-6-16(21)7-4-14)15(13-22-24)5-12-19(25)23-17-8-10-18(11-9-17)27(2)26/h3-13H,1-2H3,(H,23,25)/b12-5+. The molecule has 138 valence electrons. The summed E-state index contributed by atoms with van der Waals surface area (Å²) in [5, 5.41) is 6.96. The first-order valence-electron chi connectivity index (χ1n) is 8.14. The summed E-state index contributed by atoms with van der Waals surface area (Å²) in [4.78, 5) is 12.9. The minimum Gasteiger partial charge on any atom is -0.612 e. The van der Waals surface area contributed by atoms with Crippen molar-refractivity contribution < 1.29 is 13.7 Å². The number of benzene rings is 2. The Morgan fingerprint density at radius 2 is 1.85 bits per heavy atom. The van der Waals surface area contributed by atoms with E-state index in [9.17, 15) is 13.7 Å². The van der Waals surface area contributed by atoms with Crippen LogP contribution in [-0.4, -0.2) is 26.5 Å². The van der Waals surface area contributed by atoms with Gasteiger partial charge >= 0.3 is 0 Å². The number of amides is 1. The van der Waals surface area contributed by atoms with Gasteiger partial charge in [0.25, 0.3) is 0 Å². The van der Waals surface area contributed by atoms with Gasteiger partial charge in [-0.25, -0.2) is 4.39 Å². The van der Waals surface area contributed by atoms with E-state index in [1.807, 2.05) is 0 Å². The zero-order chi connectivity index (χ0) is 19.4. The first kappa shape index (κ1) is 18.9. The van der Waals surface area contributed by atoms with Crippen LogP contribution in [0.1, 0.15) is 5.56 Å². The number of carbonyl (C=O) groups excluding carboxylic acids is 1. The van der Waals surface area contributed by atoms with E-state index in [1.54, 1.807) is 66.7 Å². The van der Waals surface area contributed by atoms with Gasteiger partial charge in [-0.2, -0.15) is 5.10 Å². The molecule has 1 atom stereocenters. The van der Waals surface area contributed by atoms with E-state index >= 15 is 0 Å². The van der Waals surface area contributed by atoms with E-state index in [0.29, 0.717) is 10.6 Å². The Hall–Kier alpha value is -2.90. The summed E-state index contributed by atoms with van der Waals surface area (Å²) in [5.74, 6) is -0.607. The molecular weight excluding hydrogens is 365 g/mol. The topological polar surface area (TPSA) is 70.0 Å². The van der Waals surface area contributed by atoms with Gasteiger partial charge in [0.15, 0.2) is 4.90 Å². The van der Waals surface area contributed by atoms with Crippen LogP contribution in [0.3, 0.4) is 0 Å². The molecule has 1 unspecified atom stereocenters. The predicted molar refractivity (Wildman–Crippen MR) is 105 cm³/mol. The van der Waals surface area contributed by atoms with Crippen LogP contribution in [0.15, 0.2) is 65.7 Å². The molecule has 2 aromatic carbocycles. The van der Waals surface area contributed by atoms with Crippen LogP contribution in [0.2, 0.25) is 0 Å². The molecular formula is C20H18FN3O2S. The molecule has 3 rings (SSSR count). The molecule has 0 saturated carbocycles. The number of rotatable bonds is 5. The number of hydrogen-bond acceptors (Lipinski definition) is 3. The fraction of sp³-hybridized carbons (Fsp3) is 0.100. The van der Waals surface area contributed by atoms with Gasteiger partial charge in [-0.1, -0.05) is 0 Å². The zero-order valence-corrected chi connectivity index (χ0v) is 15.7. The second kappa shape index (κ2) is 8.20. The third kappa shape index (κ3) is 4.64. The van der Waals surface area contributed by atoms with E-state index in [2.05, 4.69) is 10.4 Å². The smallest absolute Gasteiger partial charge is 0.248 e. The molecule has 1 N–H and O–H groups in total. The van der Waals surface area contributed by atoms with Crippen LogP contribution in [0, 0.1) is 5.82 Å². The van der Waals surface area contributed by atoms with Crippen molar-refractivity contribution >= 4 is 28.8 Å². The molecule has 1 heterocycles. The van der Waals surface area contributed by atoms with Crippen LogP contribution in [0.5, 0.6) is 0 Å². The van der Waals surface area contributed by atoms with Crippen molar-refractivity contribution in [2.24, 2.45) is 7.05 Å². The van der Waals surface area contributed by atoms with Crippen molar-refractivity contribution in [3.63, 3.8) is 0 Å². The van der Waals surface area contributed by atoms with Gasteiger partial charge in [-0.3, -0.25) is 9.48 Å². The van der Waals surface area contributed by atoms with Gasteiger partial charge in [0.05, 0.1) is 11.9 Å². The molecule has 0 radical (unpaired) electrons. The number of anilines is 1. The van der Waals surface area contributed by atoms with Crippen molar-refractivity contribution in [2.75, 3.05) is 11.6 Å². The molecule has 0 bridgehead atoms. The Balaban J connectivity index is 1.74. The molecule has 0 spiro atoms. The van der Waals surface area contributed by atoms with Crippen molar-refractivity contribution in [1.82, 2.24) is 9.78 Å². The first-order valence-corrected chi connectivity index (χ1v) is 9.70. The summed E-state index contributed by atoms with van der Waals surface area (Å²) >= 11 is -1.06. The Bertz CT molecular complexity index is 964. The predicted octanol–water partition coefficient (Wildman–Crippen LogP) is 3.62. The summed E-state index contributed by atoms with van der Waals surface area (Å²) < 4.78 is 26.2. The number of aromatic nitrogens is 2. The number of nitrogens with zero attached hydrogens (tertiary/aromatic N) is 2. The minimum absolute atomic E-state index is 0.297. The highest BCUT2D eigenvalue weighted by Gasteiger charge is 2.10. The lowest BCUT2D eigenvalue weighted by atomic mass is 10.1. The quantitative estimate of drug-likeness (QED) is 0.540. The van der Waals surface area contributed by atoms with Gasteiger partial charge in [-0.15, -0.1) is 0 Å². The van der Waals surface area contributed by atoms with Crippen LogP contribution in [-0.2, 0) is 23.0 Å². The molecule has 0 aliphatic heterocycles. The lowest BCUT2D eigenvalue weighted by Crippen LogP contribution is -2.08. The lowest BCUT2D eigenvalue weighted by Gasteiger charge is -2.06. The Labute approximate surface area is 159 Å². The maximum atomic E-state index is 13.2. The summed E-state index contributed by atoms with van der Waals surface area (Å²) in [6.07, 6.45) is 6.32. The zero-order valence-electron chi connectivity index (χ0n) is 14.8. The molecule has 3 aromatic rings. The number of halogens is 1. The van der Waals surface area contributed by atoms with Gasteiger partial charge < -0.3 is 9.87 Å². The lowest BCUT2D eigenvalue weighted by molar-refractivity contribution is -0.111. The second-order valence-corrected chi connectivity index (χ2v) is 7.26. The van der Waals surface area contributed by atoms with Crippen LogP contribution in [0.4, 0.5) is 10.1 Å². The number of hydrogen-bond donors (Lipinski definition) is 1. The average molecular weight is 383 g/mol. The number of carbonyl (C=O) groups is 1. The third-order valence-corrected chi connectivity index (χ3v) is 4.89. The first-order chi connectivity index (χ1) is 12.9. The van der Waals surface area contributed by atoms with Crippen molar-refractivity contribution in [3.05, 3.63) is 72.2 Å². The van der Waals surface area contributed by atoms with Crippen molar-refractivity contribution in [1.29, 1.82) is 0 Å². The monoisotopic (exact) mass is 383 g/mol. The molecule has 0 aliphatic carbocycles. The fourth-order valence-corrected chi connectivity index (χ4v) is 3.14. The van der Waals surface area contributed by atoms with Gasteiger partial charge in [0, 0.05) is 29.9 Å². The normalized spacial score (nSPS) is 12.3. The minimum atomic E-state index is -1.06. The van der Waals surface area contributed by atoms with Gasteiger partial charge in [0.1, 0.15) is 12.1 Å². The Kier molecular flexibility index (Phi) is 5.73. The maximum Gasteiger partial charge on any atom is 0.248 e. The van der Waals surface area contributed by atoms with Crippen molar-refractivity contribution in [3.8, 4) is 11.3 Å². The second-order valence-electron chi connectivity index (χ2n) is 5.88. The van der Waals surface area contributed by atoms with E-state index in [0.717, 1.165) is 16.8 Å². The Morgan fingerprint density at radius 3 is 2.48 bits per heavy atom. The summed E-state index contributed by atoms with van der Waals surface area (Å²) in [6.45, 7) is 0. The SMILES string of the molecule is Cn1ncc(/C=C/C(=O)Nc2ccc([S+](C)[O-])cc2)c1-c1ccc(F)cc1.